The van der Waals surface area contributed by atoms with Gasteiger partial charge in [0.1, 0.15) is 0 Å². The summed E-state index contributed by atoms with van der Waals surface area (Å²) in [5.41, 5.74) is 0. The zero-order chi connectivity index (χ0) is 14.3. The standard InChI is InChI=1S/C12H20N2O5/c1-2-19-4-3-11(17)14-12(18)13-9-5-8(7-15)6-10(9)16/h3-4,8-10,15-16H,2,5-7H2,1H3,(H2,13,14,17,18). The van der Waals surface area contributed by atoms with E-state index < -0.39 is 24.1 Å². The second-order valence-corrected chi connectivity index (χ2v) is 4.41. The highest BCUT2D eigenvalue weighted by Crippen LogP contribution is 2.25. The Morgan fingerprint density at radius 3 is 2.74 bits per heavy atom. The van der Waals surface area contributed by atoms with E-state index in [1.807, 2.05) is 0 Å². The van der Waals surface area contributed by atoms with E-state index in [-0.39, 0.29) is 12.5 Å². The minimum Gasteiger partial charge on any atom is -0.501 e. The summed E-state index contributed by atoms with van der Waals surface area (Å²) in [6, 6.07) is -1.12. The molecule has 0 bridgehead atoms. The van der Waals surface area contributed by atoms with E-state index in [0.717, 1.165) is 6.08 Å². The van der Waals surface area contributed by atoms with E-state index in [4.69, 9.17) is 9.84 Å². The van der Waals surface area contributed by atoms with Crippen molar-refractivity contribution in [3.8, 4) is 0 Å². The van der Waals surface area contributed by atoms with Crippen LogP contribution < -0.4 is 10.6 Å². The van der Waals surface area contributed by atoms with Crippen LogP contribution in [0.15, 0.2) is 12.3 Å². The van der Waals surface area contributed by atoms with Crippen molar-refractivity contribution in [2.45, 2.75) is 31.9 Å². The lowest BCUT2D eigenvalue weighted by atomic mass is 10.1. The number of nitrogens with one attached hydrogen (secondary N) is 2. The predicted molar refractivity (Wildman–Crippen MR) is 67.0 cm³/mol. The number of amides is 3. The molecule has 7 nitrogen and oxygen atoms in total. The first-order valence-corrected chi connectivity index (χ1v) is 6.25. The van der Waals surface area contributed by atoms with Crippen LogP contribution in [0.25, 0.3) is 0 Å². The normalized spacial score (nSPS) is 26.4. The van der Waals surface area contributed by atoms with Gasteiger partial charge in [0.05, 0.1) is 25.0 Å². The number of urea groups is 1. The Kier molecular flexibility index (Phi) is 6.31. The summed E-state index contributed by atoms with van der Waals surface area (Å²) in [6.07, 6.45) is 2.55. The molecule has 1 rings (SSSR count). The molecule has 7 heteroatoms. The number of rotatable bonds is 5. The molecule has 3 atom stereocenters. The van der Waals surface area contributed by atoms with Crippen molar-refractivity contribution in [3.63, 3.8) is 0 Å². The third-order valence-corrected chi connectivity index (χ3v) is 2.92. The van der Waals surface area contributed by atoms with Crippen LogP contribution in [-0.4, -0.2) is 47.5 Å². The lowest BCUT2D eigenvalue weighted by Gasteiger charge is -2.16. The van der Waals surface area contributed by atoms with Gasteiger partial charge in [-0.3, -0.25) is 10.1 Å². The summed E-state index contributed by atoms with van der Waals surface area (Å²) in [5, 5.41) is 23.3. The summed E-state index contributed by atoms with van der Waals surface area (Å²) >= 11 is 0. The molecule has 0 aromatic heterocycles. The van der Waals surface area contributed by atoms with Crippen LogP contribution in [0.3, 0.4) is 0 Å². The molecule has 1 aliphatic carbocycles. The molecule has 4 N–H and O–H groups in total. The summed E-state index contributed by atoms with van der Waals surface area (Å²) in [4.78, 5) is 22.8. The quantitative estimate of drug-likeness (QED) is 0.398. The third kappa shape index (κ3) is 5.27. The van der Waals surface area contributed by atoms with Crippen molar-refractivity contribution in [2.24, 2.45) is 5.92 Å². The molecule has 108 valence electrons. The summed E-state index contributed by atoms with van der Waals surface area (Å²) in [5.74, 6) is -0.619. The van der Waals surface area contributed by atoms with Crippen LogP contribution in [-0.2, 0) is 9.53 Å². The van der Waals surface area contributed by atoms with E-state index in [1.54, 1.807) is 6.92 Å². The SMILES string of the molecule is CCOC=CC(=O)NC(=O)NC1CC(CO)CC1O. The first-order chi connectivity index (χ1) is 9.06. The Morgan fingerprint density at radius 2 is 2.16 bits per heavy atom. The van der Waals surface area contributed by atoms with Gasteiger partial charge in [-0.15, -0.1) is 0 Å². The number of hydrogen-bond donors (Lipinski definition) is 4. The average Bonchev–Trinajstić information content (AvgIpc) is 2.70. The number of imide groups is 1. The summed E-state index contributed by atoms with van der Waals surface area (Å²) < 4.78 is 4.82. The molecule has 0 radical (unpaired) electrons. The van der Waals surface area contributed by atoms with Crippen molar-refractivity contribution in [1.82, 2.24) is 10.6 Å². The summed E-state index contributed by atoms with van der Waals surface area (Å²) in [7, 11) is 0. The fourth-order valence-corrected chi connectivity index (χ4v) is 1.99. The maximum atomic E-state index is 11.5. The van der Waals surface area contributed by atoms with Crippen molar-refractivity contribution in [3.05, 3.63) is 12.3 Å². The molecule has 0 saturated heterocycles. The van der Waals surface area contributed by atoms with Gasteiger partial charge in [0.15, 0.2) is 0 Å². The second kappa shape index (κ2) is 7.75. The highest BCUT2D eigenvalue weighted by molar-refractivity contribution is 6.00. The molecule has 1 aliphatic rings. The highest BCUT2D eigenvalue weighted by Gasteiger charge is 2.33. The van der Waals surface area contributed by atoms with Gasteiger partial charge < -0.3 is 20.3 Å². The fraction of sp³-hybridized carbons (Fsp3) is 0.667. The molecule has 1 fully saturated rings. The summed E-state index contributed by atoms with van der Waals surface area (Å²) in [6.45, 7) is 2.19. The number of aliphatic hydroxyl groups is 2. The Hall–Kier alpha value is -1.60. The minimum atomic E-state index is -0.697. The van der Waals surface area contributed by atoms with Gasteiger partial charge in [0.25, 0.3) is 5.91 Å². The Morgan fingerprint density at radius 1 is 1.42 bits per heavy atom. The number of aliphatic hydroxyl groups excluding tert-OH is 2. The highest BCUT2D eigenvalue weighted by atomic mass is 16.5. The maximum Gasteiger partial charge on any atom is 0.322 e. The predicted octanol–water partition coefficient (Wildman–Crippen LogP) is -0.506. The molecule has 19 heavy (non-hydrogen) atoms. The van der Waals surface area contributed by atoms with Crippen LogP contribution >= 0.6 is 0 Å². The largest absolute Gasteiger partial charge is 0.501 e. The third-order valence-electron chi connectivity index (χ3n) is 2.92. The Balaban J connectivity index is 2.33. The topological polar surface area (TPSA) is 108 Å². The van der Waals surface area contributed by atoms with Gasteiger partial charge in [0, 0.05) is 12.7 Å². The van der Waals surface area contributed by atoms with E-state index in [1.165, 1.54) is 6.26 Å². The molecule has 0 heterocycles. The molecule has 3 amide bonds. The van der Waals surface area contributed by atoms with Crippen molar-refractivity contribution in [1.29, 1.82) is 0 Å². The number of ether oxygens (including phenoxy) is 1. The molecule has 0 aromatic rings. The van der Waals surface area contributed by atoms with Crippen molar-refractivity contribution < 1.29 is 24.5 Å². The molecular formula is C12H20N2O5. The van der Waals surface area contributed by atoms with Gasteiger partial charge in [-0.05, 0) is 25.7 Å². The van der Waals surface area contributed by atoms with Gasteiger partial charge in [0.2, 0.25) is 0 Å². The molecule has 0 spiro atoms. The Bertz CT molecular complexity index is 345. The van der Waals surface area contributed by atoms with E-state index in [9.17, 15) is 14.7 Å². The lowest BCUT2D eigenvalue weighted by molar-refractivity contribution is -0.115. The lowest BCUT2D eigenvalue weighted by Crippen LogP contribution is -2.46. The molecule has 0 aromatic carbocycles. The zero-order valence-corrected chi connectivity index (χ0v) is 10.8. The fourth-order valence-electron chi connectivity index (χ4n) is 1.99. The molecular weight excluding hydrogens is 252 g/mol. The van der Waals surface area contributed by atoms with Crippen LogP contribution in [0.4, 0.5) is 4.79 Å². The van der Waals surface area contributed by atoms with Gasteiger partial charge in [-0.25, -0.2) is 4.79 Å². The van der Waals surface area contributed by atoms with Crippen molar-refractivity contribution in [2.75, 3.05) is 13.2 Å². The van der Waals surface area contributed by atoms with Crippen LogP contribution in [0.5, 0.6) is 0 Å². The number of hydrogen-bond acceptors (Lipinski definition) is 5. The number of carbonyl (C=O) groups excluding carboxylic acids is 2. The monoisotopic (exact) mass is 272 g/mol. The average molecular weight is 272 g/mol. The van der Waals surface area contributed by atoms with Crippen LogP contribution in [0.2, 0.25) is 0 Å². The maximum absolute atomic E-state index is 11.5. The zero-order valence-electron chi connectivity index (χ0n) is 10.8. The van der Waals surface area contributed by atoms with Gasteiger partial charge >= 0.3 is 6.03 Å². The first kappa shape index (κ1) is 15.5. The Labute approximate surface area is 111 Å². The first-order valence-electron chi connectivity index (χ1n) is 6.25. The second-order valence-electron chi connectivity index (χ2n) is 4.41. The molecule has 1 saturated carbocycles. The smallest absolute Gasteiger partial charge is 0.322 e. The van der Waals surface area contributed by atoms with E-state index >= 15 is 0 Å². The number of carbonyl (C=O) groups is 2. The van der Waals surface area contributed by atoms with Crippen LogP contribution in [0, 0.1) is 5.92 Å². The molecule has 3 unspecified atom stereocenters. The van der Waals surface area contributed by atoms with Gasteiger partial charge in [-0.1, -0.05) is 0 Å². The van der Waals surface area contributed by atoms with E-state index in [0.29, 0.717) is 19.4 Å². The van der Waals surface area contributed by atoms with Crippen LogP contribution in [0.1, 0.15) is 19.8 Å². The van der Waals surface area contributed by atoms with Crippen molar-refractivity contribution >= 4 is 11.9 Å². The van der Waals surface area contributed by atoms with Gasteiger partial charge in [-0.2, -0.15) is 0 Å². The van der Waals surface area contributed by atoms with E-state index in [2.05, 4.69) is 10.6 Å². The molecule has 0 aliphatic heterocycles. The minimum absolute atomic E-state index is 0.0196.